The Balaban J connectivity index is 3.11. The average molecular weight is 180 g/mol. The zero-order valence-corrected chi connectivity index (χ0v) is 7.70. The summed E-state index contributed by atoms with van der Waals surface area (Å²) in [5.74, 6) is 0.504. The molecule has 0 radical (unpaired) electrons. The van der Waals surface area contributed by atoms with Crippen LogP contribution in [0.3, 0.4) is 0 Å². The molecule has 1 heterocycles. The Bertz CT molecular complexity index is 374. The van der Waals surface area contributed by atoms with Gasteiger partial charge in [0.05, 0.1) is 6.61 Å². The van der Waals surface area contributed by atoms with Gasteiger partial charge in [0.15, 0.2) is 0 Å². The number of aryl methyl sites for hydroxylation is 1. The number of aliphatic hydroxyl groups excluding tert-OH is 1. The van der Waals surface area contributed by atoms with Crippen LogP contribution in [0.15, 0.2) is 27.4 Å². The van der Waals surface area contributed by atoms with Gasteiger partial charge in [0.2, 0.25) is 0 Å². The molecule has 3 heteroatoms. The second-order valence-electron chi connectivity index (χ2n) is 2.84. The van der Waals surface area contributed by atoms with Crippen LogP contribution >= 0.6 is 0 Å². The van der Waals surface area contributed by atoms with Crippen molar-refractivity contribution in [3.8, 4) is 0 Å². The molecule has 13 heavy (non-hydrogen) atoms. The summed E-state index contributed by atoms with van der Waals surface area (Å²) in [5.41, 5.74) is 1.02. The molecule has 0 amide bonds. The van der Waals surface area contributed by atoms with Gasteiger partial charge in [-0.2, -0.15) is 0 Å². The maximum atomic E-state index is 11.1. The molecule has 0 bridgehead atoms. The Kier molecular flexibility index (Phi) is 3.03. The van der Waals surface area contributed by atoms with Crippen molar-refractivity contribution in [1.29, 1.82) is 0 Å². The number of rotatable bonds is 2. The topological polar surface area (TPSA) is 50.4 Å². The maximum absolute atomic E-state index is 11.1. The molecule has 1 aromatic rings. The van der Waals surface area contributed by atoms with Gasteiger partial charge in [-0.25, -0.2) is 4.79 Å². The molecule has 0 fully saturated rings. The lowest BCUT2D eigenvalue weighted by Gasteiger charge is -1.98. The fourth-order valence-corrected chi connectivity index (χ4v) is 0.933. The zero-order valence-electron chi connectivity index (χ0n) is 7.70. The molecule has 1 rings (SSSR count). The molecule has 0 aliphatic rings. The first-order chi connectivity index (χ1) is 6.15. The summed E-state index contributed by atoms with van der Waals surface area (Å²) in [6.45, 7) is 3.42. The van der Waals surface area contributed by atoms with Gasteiger partial charge in [-0.1, -0.05) is 6.08 Å². The molecule has 1 aromatic heterocycles. The lowest BCUT2D eigenvalue weighted by Crippen LogP contribution is -2.03. The summed E-state index contributed by atoms with van der Waals surface area (Å²) in [6.07, 6.45) is 1.59. The lowest BCUT2D eigenvalue weighted by molar-refractivity contribution is 0.342. The van der Waals surface area contributed by atoms with Crippen LogP contribution in [0, 0.1) is 6.92 Å². The summed E-state index contributed by atoms with van der Waals surface area (Å²) < 4.78 is 4.99. The summed E-state index contributed by atoms with van der Waals surface area (Å²) in [6, 6.07) is 3.42. The molecule has 0 atom stereocenters. The van der Waals surface area contributed by atoms with Crippen molar-refractivity contribution in [1.82, 2.24) is 0 Å². The van der Waals surface area contributed by atoms with E-state index >= 15 is 0 Å². The van der Waals surface area contributed by atoms with Crippen molar-refractivity contribution < 1.29 is 9.52 Å². The van der Waals surface area contributed by atoms with Crippen LogP contribution in [-0.2, 0) is 0 Å². The van der Waals surface area contributed by atoms with Crippen LogP contribution < -0.4 is 5.63 Å². The van der Waals surface area contributed by atoms with Crippen molar-refractivity contribution >= 4 is 5.57 Å². The van der Waals surface area contributed by atoms with Gasteiger partial charge in [-0.05, 0) is 31.6 Å². The first kappa shape index (κ1) is 9.74. The highest BCUT2D eigenvalue weighted by molar-refractivity contribution is 5.58. The van der Waals surface area contributed by atoms with Crippen molar-refractivity contribution in [3.05, 3.63) is 40.0 Å². The van der Waals surface area contributed by atoms with Crippen molar-refractivity contribution in [2.24, 2.45) is 0 Å². The Labute approximate surface area is 76.3 Å². The largest absolute Gasteiger partial charge is 0.423 e. The molecule has 0 saturated carbocycles. The summed E-state index contributed by atoms with van der Waals surface area (Å²) in [7, 11) is 0. The average Bonchev–Trinajstić information content (AvgIpc) is 2.10. The maximum Gasteiger partial charge on any atom is 0.339 e. The molecule has 0 aromatic carbocycles. The van der Waals surface area contributed by atoms with E-state index in [2.05, 4.69) is 0 Å². The van der Waals surface area contributed by atoms with Crippen molar-refractivity contribution in [3.63, 3.8) is 0 Å². The van der Waals surface area contributed by atoms with E-state index in [0.29, 0.717) is 11.3 Å². The van der Waals surface area contributed by atoms with Crippen LogP contribution in [0.2, 0.25) is 0 Å². The zero-order chi connectivity index (χ0) is 9.84. The highest BCUT2D eigenvalue weighted by Gasteiger charge is 2.00. The first-order valence-electron chi connectivity index (χ1n) is 4.04. The molecule has 0 spiro atoms. The molecule has 0 aliphatic heterocycles. The Morgan fingerprint density at radius 2 is 2.31 bits per heavy atom. The van der Waals surface area contributed by atoms with Crippen LogP contribution in [0.1, 0.15) is 18.2 Å². The van der Waals surface area contributed by atoms with Crippen molar-refractivity contribution in [2.45, 2.75) is 13.8 Å². The number of allylic oxidation sites excluding steroid dienone is 1. The summed E-state index contributed by atoms with van der Waals surface area (Å²) in [4.78, 5) is 11.1. The Morgan fingerprint density at radius 1 is 1.62 bits per heavy atom. The van der Waals surface area contributed by atoms with E-state index in [0.717, 1.165) is 5.57 Å². The molecular weight excluding hydrogens is 168 g/mol. The van der Waals surface area contributed by atoms with Gasteiger partial charge >= 0.3 is 5.63 Å². The van der Waals surface area contributed by atoms with Gasteiger partial charge in [-0.3, -0.25) is 0 Å². The normalized spacial score (nSPS) is 11.8. The predicted octanol–water partition coefficient (Wildman–Crippen LogP) is 1.34. The van der Waals surface area contributed by atoms with Crippen LogP contribution in [0.4, 0.5) is 0 Å². The smallest absolute Gasteiger partial charge is 0.339 e. The Hall–Kier alpha value is -1.35. The van der Waals surface area contributed by atoms with Crippen LogP contribution in [-0.4, -0.2) is 11.7 Å². The summed E-state index contributed by atoms with van der Waals surface area (Å²) in [5, 5.41) is 8.63. The van der Waals surface area contributed by atoms with E-state index in [1.165, 1.54) is 0 Å². The van der Waals surface area contributed by atoms with Crippen LogP contribution in [0.25, 0.3) is 5.57 Å². The van der Waals surface area contributed by atoms with Gasteiger partial charge in [0, 0.05) is 5.56 Å². The SMILES string of the molecule is CC(=CCO)c1ccc(C)c(=O)o1. The van der Waals surface area contributed by atoms with E-state index in [9.17, 15) is 4.79 Å². The molecular formula is C10H12O3. The van der Waals surface area contributed by atoms with Crippen LogP contribution in [0.5, 0.6) is 0 Å². The minimum Gasteiger partial charge on any atom is -0.423 e. The van der Waals surface area contributed by atoms with Gasteiger partial charge < -0.3 is 9.52 Å². The monoisotopic (exact) mass is 180 g/mol. The third-order valence-electron chi connectivity index (χ3n) is 1.80. The van der Waals surface area contributed by atoms with Gasteiger partial charge in [0.25, 0.3) is 0 Å². The minimum absolute atomic E-state index is 0.0522. The highest BCUT2D eigenvalue weighted by atomic mass is 16.4. The van der Waals surface area contributed by atoms with Crippen molar-refractivity contribution in [2.75, 3.05) is 6.61 Å². The molecule has 0 unspecified atom stereocenters. The second kappa shape index (κ2) is 4.05. The molecule has 0 aliphatic carbocycles. The highest BCUT2D eigenvalue weighted by Crippen LogP contribution is 2.10. The van der Waals surface area contributed by atoms with E-state index in [1.807, 2.05) is 0 Å². The fourth-order valence-electron chi connectivity index (χ4n) is 0.933. The minimum atomic E-state index is -0.330. The molecule has 1 N–H and O–H groups in total. The fraction of sp³-hybridized carbons (Fsp3) is 0.300. The predicted molar refractivity (Wildman–Crippen MR) is 50.5 cm³/mol. The number of hydrogen-bond acceptors (Lipinski definition) is 3. The second-order valence-corrected chi connectivity index (χ2v) is 2.84. The molecule has 3 nitrogen and oxygen atoms in total. The first-order valence-corrected chi connectivity index (χ1v) is 4.04. The lowest BCUT2D eigenvalue weighted by atomic mass is 10.2. The van der Waals surface area contributed by atoms with E-state index in [1.54, 1.807) is 32.1 Å². The number of aliphatic hydroxyl groups is 1. The third kappa shape index (κ3) is 2.29. The Morgan fingerprint density at radius 3 is 2.85 bits per heavy atom. The molecule has 70 valence electrons. The van der Waals surface area contributed by atoms with Gasteiger partial charge in [-0.15, -0.1) is 0 Å². The van der Waals surface area contributed by atoms with E-state index < -0.39 is 0 Å². The summed E-state index contributed by atoms with van der Waals surface area (Å²) >= 11 is 0. The van der Waals surface area contributed by atoms with E-state index in [-0.39, 0.29) is 12.2 Å². The standard InChI is InChI=1S/C10H12O3/c1-7(5-6-11)9-4-3-8(2)10(12)13-9/h3-5,11H,6H2,1-2H3. The quantitative estimate of drug-likeness (QED) is 0.747. The number of hydrogen-bond donors (Lipinski definition) is 1. The van der Waals surface area contributed by atoms with E-state index in [4.69, 9.17) is 9.52 Å². The third-order valence-corrected chi connectivity index (χ3v) is 1.80. The molecule has 0 saturated heterocycles. The van der Waals surface area contributed by atoms with Gasteiger partial charge in [0.1, 0.15) is 5.76 Å².